The van der Waals surface area contributed by atoms with Crippen molar-refractivity contribution < 1.29 is 4.39 Å². The molecule has 1 aromatic carbocycles. The molecule has 5 nitrogen and oxygen atoms in total. The van der Waals surface area contributed by atoms with Crippen LogP contribution < -0.4 is 15.5 Å². The average Bonchev–Trinajstić information content (AvgIpc) is 2.49. The predicted molar refractivity (Wildman–Crippen MR) is 86.1 cm³/mol. The number of piperazine rings is 1. The number of nitrogens with one attached hydrogen (secondary N) is 2. The van der Waals surface area contributed by atoms with Crippen LogP contribution in [0.25, 0.3) is 0 Å². The van der Waals surface area contributed by atoms with E-state index in [-0.39, 0.29) is 5.82 Å². The van der Waals surface area contributed by atoms with E-state index in [1.165, 1.54) is 12.1 Å². The third-order valence-corrected chi connectivity index (χ3v) is 3.72. The Bertz CT molecular complexity index is 643. The van der Waals surface area contributed by atoms with Crippen molar-refractivity contribution in [3.8, 4) is 0 Å². The van der Waals surface area contributed by atoms with Crippen LogP contribution in [0.4, 0.5) is 21.8 Å². The molecule has 3 rings (SSSR count). The molecule has 6 heteroatoms. The van der Waals surface area contributed by atoms with E-state index in [2.05, 4.69) is 32.4 Å². The number of aryl methyl sites for hydroxylation is 1. The zero-order chi connectivity index (χ0) is 15.5. The van der Waals surface area contributed by atoms with Crippen molar-refractivity contribution in [2.75, 3.05) is 29.9 Å². The molecular formula is C16H20FN5. The van der Waals surface area contributed by atoms with Crippen molar-refractivity contribution in [2.24, 2.45) is 0 Å². The SMILES string of the molecule is Cc1cc(Nc2ccc(F)cc2)nc(N2CCNCC2C)n1. The summed E-state index contributed by atoms with van der Waals surface area (Å²) in [7, 11) is 0. The van der Waals surface area contributed by atoms with Gasteiger partial charge in [0.05, 0.1) is 0 Å². The Hall–Kier alpha value is -2.21. The first-order valence-corrected chi connectivity index (χ1v) is 7.47. The van der Waals surface area contributed by atoms with E-state index < -0.39 is 0 Å². The maximum absolute atomic E-state index is 13.0. The van der Waals surface area contributed by atoms with Crippen LogP contribution in [0.1, 0.15) is 12.6 Å². The van der Waals surface area contributed by atoms with Gasteiger partial charge in [0.25, 0.3) is 0 Å². The Balaban J connectivity index is 1.84. The van der Waals surface area contributed by atoms with Crippen LogP contribution in [-0.2, 0) is 0 Å². The van der Waals surface area contributed by atoms with Crippen molar-refractivity contribution in [3.05, 3.63) is 41.8 Å². The summed E-state index contributed by atoms with van der Waals surface area (Å²) in [6.07, 6.45) is 0. The minimum atomic E-state index is -0.250. The van der Waals surface area contributed by atoms with Crippen LogP contribution in [-0.4, -0.2) is 35.6 Å². The van der Waals surface area contributed by atoms with Gasteiger partial charge < -0.3 is 15.5 Å². The molecule has 1 aliphatic rings. The molecule has 2 aromatic rings. The first kappa shape index (κ1) is 14.7. The molecule has 0 bridgehead atoms. The van der Waals surface area contributed by atoms with Crippen molar-refractivity contribution in [1.82, 2.24) is 15.3 Å². The van der Waals surface area contributed by atoms with Crippen molar-refractivity contribution in [1.29, 1.82) is 0 Å². The molecule has 1 fully saturated rings. The number of hydrogen-bond acceptors (Lipinski definition) is 5. The highest BCUT2D eigenvalue weighted by molar-refractivity contribution is 5.57. The lowest BCUT2D eigenvalue weighted by atomic mass is 10.2. The molecule has 1 atom stereocenters. The zero-order valence-corrected chi connectivity index (χ0v) is 12.8. The average molecular weight is 301 g/mol. The highest BCUT2D eigenvalue weighted by Gasteiger charge is 2.21. The van der Waals surface area contributed by atoms with Crippen molar-refractivity contribution >= 4 is 17.5 Å². The van der Waals surface area contributed by atoms with Gasteiger partial charge >= 0.3 is 0 Å². The van der Waals surface area contributed by atoms with E-state index in [4.69, 9.17) is 0 Å². The summed E-state index contributed by atoms with van der Waals surface area (Å²) in [6.45, 7) is 6.86. The van der Waals surface area contributed by atoms with Crippen molar-refractivity contribution in [3.63, 3.8) is 0 Å². The molecular weight excluding hydrogens is 281 g/mol. The maximum atomic E-state index is 13.0. The standard InChI is InChI=1S/C16H20FN5/c1-11-9-15(20-14-5-3-13(17)4-6-14)21-16(19-11)22-8-7-18-10-12(22)2/h3-6,9,12,18H,7-8,10H2,1-2H3,(H,19,20,21). The second-order valence-corrected chi connectivity index (χ2v) is 5.57. The summed E-state index contributed by atoms with van der Waals surface area (Å²) < 4.78 is 13.0. The topological polar surface area (TPSA) is 53.1 Å². The number of benzene rings is 1. The summed E-state index contributed by atoms with van der Waals surface area (Å²) in [5.74, 6) is 1.21. The van der Waals surface area contributed by atoms with Gasteiger partial charge in [-0.1, -0.05) is 0 Å². The normalized spacial score (nSPS) is 18.3. The minimum Gasteiger partial charge on any atom is -0.340 e. The Morgan fingerprint density at radius 2 is 2.05 bits per heavy atom. The quantitative estimate of drug-likeness (QED) is 0.912. The van der Waals surface area contributed by atoms with Gasteiger partial charge in [0, 0.05) is 43.1 Å². The second kappa shape index (κ2) is 6.27. The zero-order valence-electron chi connectivity index (χ0n) is 12.8. The lowest BCUT2D eigenvalue weighted by Crippen LogP contribution is -2.50. The number of hydrogen-bond donors (Lipinski definition) is 2. The van der Waals surface area contributed by atoms with Crippen LogP contribution in [0.2, 0.25) is 0 Å². The predicted octanol–water partition coefficient (Wildman–Crippen LogP) is 2.47. The number of anilines is 3. The van der Waals surface area contributed by atoms with Gasteiger partial charge in [-0.2, -0.15) is 4.98 Å². The van der Waals surface area contributed by atoms with E-state index in [0.29, 0.717) is 6.04 Å². The molecule has 2 heterocycles. The Kier molecular flexibility index (Phi) is 4.20. The van der Waals surface area contributed by atoms with Crippen LogP contribution in [0.15, 0.2) is 30.3 Å². The fourth-order valence-corrected chi connectivity index (χ4v) is 2.56. The van der Waals surface area contributed by atoms with E-state index in [1.807, 2.05) is 13.0 Å². The molecule has 1 aromatic heterocycles. The van der Waals surface area contributed by atoms with Gasteiger partial charge in [-0.15, -0.1) is 0 Å². The van der Waals surface area contributed by atoms with E-state index in [1.54, 1.807) is 12.1 Å². The Morgan fingerprint density at radius 3 is 2.77 bits per heavy atom. The summed E-state index contributed by atoms with van der Waals surface area (Å²) in [5, 5.41) is 6.57. The minimum absolute atomic E-state index is 0.250. The van der Waals surface area contributed by atoms with E-state index in [9.17, 15) is 4.39 Å². The molecule has 1 unspecified atom stereocenters. The Morgan fingerprint density at radius 1 is 1.27 bits per heavy atom. The largest absolute Gasteiger partial charge is 0.340 e. The highest BCUT2D eigenvalue weighted by atomic mass is 19.1. The fourth-order valence-electron chi connectivity index (χ4n) is 2.56. The van der Waals surface area contributed by atoms with Gasteiger partial charge in [0.2, 0.25) is 5.95 Å². The van der Waals surface area contributed by atoms with Crippen LogP contribution in [0.3, 0.4) is 0 Å². The molecule has 0 spiro atoms. The molecule has 116 valence electrons. The first-order valence-electron chi connectivity index (χ1n) is 7.47. The summed E-state index contributed by atoms with van der Waals surface area (Å²) in [6, 6.07) is 8.49. The van der Waals surface area contributed by atoms with E-state index >= 15 is 0 Å². The summed E-state index contributed by atoms with van der Waals surface area (Å²) >= 11 is 0. The molecule has 0 saturated carbocycles. The summed E-state index contributed by atoms with van der Waals surface area (Å²) in [5.41, 5.74) is 1.71. The van der Waals surface area contributed by atoms with Gasteiger partial charge in [-0.3, -0.25) is 0 Å². The molecule has 22 heavy (non-hydrogen) atoms. The van der Waals surface area contributed by atoms with Crippen LogP contribution >= 0.6 is 0 Å². The van der Waals surface area contributed by atoms with Gasteiger partial charge in [0.1, 0.15) is 11.6 Å². The van der Waals surface area contributed by atoms with Crippen molar-refractivity contribution in [2.45, 2.75) is 19.9 Å². The maximum Gasteiger partial charge on any atom is 0.227 e. The number of halogens is 1. The third kappa shape index (κ3) is 3.33. The highest BCUT2D eigenvalue weighted by Crippen LogP contribution is 2.20. The molecule has 1 aliphatic heterocycles. The second-order valence-electron chi connectivity index (χ2n) is 5.57. The number of nitrogens with zero attached hydrogens (tertiary/aromatic N) is 3. The Labute approximate surface area is 129 Å². The molecule has 0 aliphatic carbocycles. The van der Waals surface area contributed by atoms with Crippen LogP contribution in [0, 0.1) is 12.7 Å². The monoisotopic (exact) mass is 301 g/mol. The number of aromatic nitrogens is 2. The smallest absolute Gasteiger partial charge is 0.227 e. The number of rotatable bonds is 3. The fraction of sp³-hybridized carbons (Fsp3) is 0.375. The summed E-state index contributed by atoms with van der Waals surface area (Å²) in [4.78, 5) is 11.4. The molecule has 0 radical (unpaired) electrons. The van der Waals surface area contributed by atoms with E-state index in [0.717, 1.165) is 42.8 Å². The van der Waals surface area contributed by atoms with Gasteiger partial charge in [-0.05, 0) is 38.1 Å². The first-order chi connectivity index (χ1) is 10.6. The molecule has 2 N–H and O–H groups in total. The van der Waals surface area contributed by atoms with Gasteiger partial charge in [-0.25, -0.2) is 9.37 Å². The lowest BCUT2D eigenvalue weighted by Gasteiger charge is -2.34. The van der Waals surface area contributed by atoms with Gasteiger partial charge in [0.15, 0.2) is 0 Å². The lowest BCUT2D eigenvalue weighted by molar-refractivity contribution is 0.493. The molecule has 0 amide bonds. The van der Waals surface area contributed by atoms with Crippen LogP contribution in [0.5, 0.6) is 0 Å². The molecule has 1 saturated heterocycles. The third-order valence-electron chi connectivity index (χ3n) is 3.72.